The van der Waals surface area contributed by atoms with Gasteiger partial charge in [-0.25, -0.2) is 0 Å². The summed E-state index contributed by atoms with van der Waals surface area (Å²) in [5.41, 5.74) is 4.04. The van der Waals surface area contributed by atoms with Crippen molar-refractivity contribution in [2.45, 2.75) is 103 Å². The van der Waals surface area contributed by atoms with E-state index in [1.807, 2.05) is 12.1 Å². The molecule has 0 saturated carbocycles. The van der Waals surface area contributed by atoms with Gasteiger partial charge >= 0.3 is 0 Å². The second kappa shape index (κ2) is 18.3. The first-order valence-corrected chi connectivity index (χ1v) is 16.4. The highest BCUT2D eigenvalue weighted by Gasteiger charge is 2.19. The molecule has 0 N–H and O–H groups in total. The maximum Gasteiger partial charge on any atom is 0.136 e. The largest absolute Gasteiger partial charge is 0.299 e. The van der Waals surface area contributed by atoms with Gasteiger partial charge in [0.25, 0.3) is 0 Å². The van der Waals surface area contributed by atoms with Crippen LogP contribution in [0.1, 0.15) is 100 Å². The fourth-order valence-electron chi connectivity index (χ4n) is 6.19. The first kappa shape index (κ1) is 30.8. The van der Waals surface area contributed by atoms with Gasteiger partial charge in [-0.05, 0) is 59.6 Å². The lowest BCUT2D eigenvalue weighted by atomic mass is 9.87. The monoisotopic (exact) mass is 546 g/mol. The Hall–Kier alpha value is -3.19. The Morgan fingerprint density at radius 1 is 0.463 bits per heavy atom. The molecule has 4 rings (SSSR count). The highest BCUT2D eigenvalue weighted by Crippen LogP contribution is 2.22. The third-order valence-electron chi connectivity index (χ3n) is 8.60. The number of rotatable bonds is 20. The van der Waals surface area contributed by atoms with E-state index in [-0.39, 0.29) is 5.92 Å². The Morgan fingerprint density at radius 2 is 0.927 bits per heavy atom. The van der Waals surface area contributed by atoms with Gasteiger partial charge in [0.1, 0.15) is 5.78 Å². The molecule has 1 nitrogen and oxygen atoms in total. The Kier molecular flexibility index (Phi) is 13.7. The van der Waals surface area contributed by atoms with Crippen LogP contribution >= 0.6 is 0 Å². The van der Waals surface area contributed by atoms with Crippen molar-refractivity contribution in [2.75, 3.05) is 0 Å². The first-order valence-electron chi connectivity index (χ1n) is 16.4. The lowest BCUT2D eigenvalue weighted by Crippen LogP contribution is -2.20. The molecule has 0 saturated heterocycles. The molecule has 0 aromatic heterocycles. The number of ketones is 1. The molecule has 0 bridgehead atoms. The highest BCUT2D eigenvalue weighted by molar-refractivity contribution is 5.85. The third-order valence-corrected chi connectivity index (χ3v) is 8.60. The van der Waals surface area contributed by atoms with Crippen molar-refractivity contribution in [1.82, 2.24) is 0 Å². The smallest absolute Gasteiger partial charge is 0.136 e. The number of benzene rings is 4. The van der Waals surface area contributed by atoms with E-state index < -0.39 is 0 Å². The molecule has 0 aliphatic rings. The molecule has 1 heteroatoms. The molecule has 0 atom stereocenters. The number of Topliss-reactive ketones (excluding diaryl/α,β-unsaturated/α-hetero) is 1. The number of unbranched alkanes of at least 4 members (excludes halogenated alkanes) is 11. The van der Waals surface area contributed by atoms with E-state index in [9.17, 15) is 4.79 Å². The van der Waals surface area contributed by atoms with E-state index >= 15 is 0 Å². The number of carbonyl (C=O) groups is 1. The molecule has 4 aromatic rings. The highest BCUT2D eigenvalue weighted by atomic mass is 16.1. The van der Waals surface area contributed by atoms with Gasteiger partial charge in [0.15, 0.2) is 0 Å². The minimum atomic E-state index is 0.0815. The van der Waals surface area contributed by atoms with Crippen molar-refractivity contribution in [3.05, 3.63) is 120 Å². The van der Waals surface area contributed by atoms with Crippen molar-refractivity contribution in [3.8, 4) is 0 Å². The molecule has 0 amide bonds. The second-order valence-electron chi connectivity index (χ2n) is 11.9. The van der Waals surface area contributed by atoms with Crippen LogP contribution in [0.25, 0.3) is 10.8 Å². The Labute approximate surface area is 249 Å². The average Bonchev–Trinajstić information content (AvgIpc) is 3.02. The van der Waals surface area contributed by atoms with Crippen LogP contribution in [0.15, 0.2) is 103 Å². The molecule has 0 spiro atoms. The molecule has 4 aromatic carbocycles. The molecule has 0 heterocycles. The fraction of sp³-hybridized carbons (Fsp3) is 0.425. The quantitative estimate of drug-likeness (QED) is 0.101. The SMILES string of the molecule is O=C(CCCCCCCCCCCCCCc1cccc2ccccc12)C(Cc1ccccc1)Cc1ccccc1. The molecule has 0 aliphatic carbocycles. The summed E-state index contributed by atoms with van der Waals surface area (Å²) in [4.78, 5) is 13.2. The van der Waals surface area contributed by atoms with E-state index in [4.69, 9.17) is 0 Å². The van der Waals surface area contributed by atoms with E-state index in [0.717, 1.165) is 25.7 Å². The van der Waals surface area contributed by atoms with Crippen LogP contribution in [-0.2, 0) is 24.1 Å². The summed E-state index contributed by atoms with van der Waals surface area (Å²) in [6.07, 6.45) is 19.3. The Bertz CT molecular complexity index is 1210. The molecular formula is C40H50O. The standard InChI is InChI=1S/C40H50O/c41-40(38(32-34-22-13-11-14-23-34)33-35-24-15-12-16-25-35)31-18-10-8-6-4-2-1-3-5-7-9-17-26-36-28-21-29-37-27-19-20-30-39(36)37/h11-16,19-25,27-30,38H,1-10,17-18,26,31-33H2. The van der Waals surface area contributed by atoms with Gasteiger partial charge in [-0.3, -0.25) is 4.79 Å². The summed E-state index contributed by atoms with van der Waals surface area (Å²) < 4.78 is 0. The summed E-state index contributed by atoms with van der Waals surface area (Å²) in [7, 11) is 0. The third kappa shape index (κ3) is 11.3. The Morgan fingerprint density at radius 3 is 1.51 bits per heavy atom. The molecule has 0 radical (unpaired) electrons. The van der Waals surface area contributed by atoms with E-state index in [0.29, 0.717) is 5.78 Å². The summed E-state index contributed by atoms with van der Waals surface area (Å²) in [5, 5.41) is 2.79. The van der Waals surface area contributed by atoms with Crippen molar-refractivity contribution in [1.29, 1.82) is 0 Å². The average molecular weight is 547 g/mol. The van der Waals surface area contributed by atoms with Crippen LogP contribution in [-0.4, -0.2) is 5.78 Å². The van der Waals surface area contributed by atoms with E-state index in [2.05, 4.69) is 91.0 Å². The summed E-state index contributed by atoms with van der Waals surface area (Å²) in [6.45, 7) is 0. The van der Waals surface area contributed by atoms with Crippen LogP contribution < -0.4 is 0 Å². The van der Waals surface area contributed by atoms with Crippen LogP contribution in [0, 0.1) is 5.92 Å². The van der Waals surface area contributed by atoms with Gasteiger partial charge in [-0.1, -0.05) is 167 Å². The van der Waals surface area contributed by atoms with Crippen LogP contribution in [0.4, 0.5) is 0 Å². The fourth-order valence-corrected chi connectivity index (χ4v) is 6.19. The number of aryl methyl sites for hydroxylation is 1. The first-order chi connectivity index (χ1) is 20.3. The lowest BCUT2D eigenvalue weighted by Gasteiger charge is -2.16. The Balaban J connectivity index is 1.00. The normalized spacial score (nSPS) is 11.3. The van der Waals surface area contributed by atoms with Gasteiger partial charge in [0.05, 0.1) is 0 Å². The van der Waals surface area contributed by atoms with Crippen molar-refractivity contribution >= 4 is 16.6 Å². The minimum Gasteiger partial charge on any atom is -0.299 e. The maximum atomic E-state index is 13.2. The van der Waals surface area contributed by atoms with E-state index in [1.54, 1.807) is 0 Å². The van der Waals surface area contributed by atoms with E-state index in [1.165, 1.54) is 105 Å². The predicted molar refractivity (Wildman–Crippen MR) is 176 cm³/mol. The van der Waals surface area contributed by atoms with Gasteiger partial charge in [-0.15, -0.1) is 0 Å². The van der Waals surface area contributed by atoms with Gasteiger partial charge in [0, 0.05) is 12.3 Å². The van der Waals surface area contributed by atoms with Crippen molar-refractivity contribution < 1.29 is 4.79 Å². The topological polar surface area (TPSA) is 17.1 Å². The lowest BCUT2D eigenvalue weighted by molar-refractivity contribution is -0.123. The number of fused-ring (bicyclic) bond motifs is 1. The molecular weight excluding hydrogens is 496 g/mol. The van der Waals surface area contributed by atoms with Gasteiger partial charge < -0.3 is 0 Å². The zero-order chi connectivity index (χ0) is 28.4. The molecule has 0 fully saturated rings. The maximum absolute atomic E-state index is 13.2. The molecule has 216 valence electrons. The van der Waals surface area contributed by atoms with Crippen molar-refractivity contribution in [2.24, 2.45) is 5.92 Å². The summed E-state index contributed by atoms with van der Waals surface area (Å²) >= 11 is 0. The zero-order valence-corrected chi connectivity index (χ0v) is 25.1. The van der Waals surface area contributed by atoms with Crippen LogP contribution in [0.2, 0.25) is 0 Å². The summed E-state index contributed by atoms with van der Waals surface area (Å²) in [5.74, 6) is 0.521. The predicted octanol–water partition coefficient (Wildman–Crippen LogP) is 11.1. The molecule has 0 unspecified atom stereocenters. The second-order valence-corrected chi connectivity index (χ2v) is 11.9. The van der Waals surface area contributed by atoms with Gasteiger partial charge in [-0.2, -0.15) is 0 Å². The van der Waals surface area contributed by atoms with Crippen LogP contribution in [0.5, 0.6) is 0 Å². The van der Waals surface area contributed by atoms with Crippen molar-refractivity contribution in [3.63, 3.8) is 0 Å². The molecule has 0 aliphatic heterocycles. The zero-order valence-electron chi connectivity index (χ0n) is 25.1. The number of hydrogen-bond acceptors (Lipinski definition) is 1. The number of hydrogen-bond donors (Lipinski definition) is 0. The van der Waals surface area contributed by atoms with Gasteiger partial charge in [0.2, 0.25) is 0 Å². The molecule has 41 heavy (non-hydrogen) atoms. The summed E-state index contributed by atoms with van der Waals surface area (Å²) in [6, 6.07) is 36.5. The minimum absolute atomic E-state index is 0.0815. The van der Waals surface area contributed by atoms with Crippen LogP contribution in [0.3, 0.4) is 0 Å². The number of carbonyl (C=O) groups excluding carboxylic acids is 1.